The molecule has 0 spiro atoms. The molecule has 0 saturated carbocycles. The Bertz CT molecular complexity index is 1000. The number of hydrogen-bond donors (Lipinski definition) is 2. The highest BCUT2D eigenvalue weighted by Gasteiger charge is 2.23. The van der Waals surface area contributed by atoms with Crippen LogP contribution in [0.4, 0.5) is 0 Å². The number of aliphatic imine (C=N–C) groups is 1. The van der Waals surface area contributed by atoms with Crippen molar-refractivity contribution in [2.45, 2.75) is 12.6 Å². The van der Waals surface area contributed by atoms with Crippen molar-refractivity contribution in [3.63, 3.8) is 0 Å². The van der Waals surface area contributed by atoms with Gasteiger partial charge in [0.2, 0.25) is 0 Å². The molecule has 1 aliphatic rings. The van der Waals surface area contributed by atoms with Crippen LogP contribution < -0.4 is 15.4 Å². The molecule has 2 N–H and O–H groups in total. The minimum atomic E-state index is 0. The molecule has 1 aromatic heterocycles. The molecule has 1 atom stereocenters. The summed E-state index contributed by atoms with van der Waals surface area (Å²) in [6.45, 7) is 4.76. The molecule has 0 aliphatic carbocycles. The molecule has 2 heterocycles. The van der Waals surface area contributed by atoms with Crippen LogP contribution in [-0.2, 0) is 11.3 Å². The first-order valence-corrected chi connectivity index (χ1v) is 11.3. The van der Waals surface area contributed by atoms with E-state index >= 15 is 0 Å². The van der Waals surface area contributed by atoms with Gasteiger partial charge in [-0.15, -0.1) is 24.0 Å². The first kappa shape index (κ1) is 26.0. The Hall–Kier alpha value is -2.63. The molecule has 8 nitrogen and oxygen atoms in total. The Morgan fingerprint density at radius 3 is 2.44 bits per heavy atom. The van der Waals surface area contributed by atoms with Crippen molar-refractivity contribution >= 4 is 29.9 Å². The van der Waals surface area contributed by atoms with Crippen molar-refractivity contribution in [1.82, 2.24) is 25.3 Å². The van der Waals surface area contributed by atoms with Gasteiger partial charge in [0.25, 0.3) is 0 Å². The third kappa shape index (κ3) is 6.94. The van der Waals surface area contributed by atoms with Crippen LogP contribution in [-0.4, -0.2) is 67.6 Å². The van der Waals surface area contributed by atoms with Crippen LogP contribution in [0.15, 0.2) is 72.0 Å². The highest BCUT2D eigenvalue weighted by atomic mass is 127. The molecule has 182 valence electrons. The highest BCUT2D eigenvalue weighted by Crippen LogP contribution is 2.23. The van der Waals surface area contributed by atoms with Crippen molar-refractivity contribution in [1.29, 1.82) is 0 Å². The number of hydrogen-bond acceptors (Lipinski definition) is 5. The smallest absolute Gasteiger partial charge is 0.191 e. The number of aromatic nitrogens is 2. The van der Waals surface area contributed by atoms with E-state index in [1.165, 1.54) is 11.1 Å². The predicted molar refractivity (Wildman–Crippen MR) is 145 cm³/mol. The van der Waals surface area contributed by atoms with Crippen LogP contribution in [0.3, 0.4) is 0 Å². The molecule has 0 bridgehead atoms. The number of nitrogens with zero attached hydrogens (tertiary/aromatic N) is 4. The lowest BCUT2D eigenvalue weighted by Crippen LogP contribution is -2.46. The number of nitrogens with one attached hydrogen (secondary N) is 2. The number of morpholine rings is 1. The average Bonchev–Trinajstić information content (AvgIpc) is 3.42. The molecule has 0 radical (unpaired) electrons. The standard InChI is InChI=1S/C25H32N6O2.HI/c1-26-25(27-18-20-4-8-22(9-5-20)31-13-3-12-29-31)28-19-24(30-14-16-33-17-15-30)21-6-10-23(32-2)11-7-21;/h3-13,24H,14-19H2,1-2H3,(H2,26,27,28);1H. The van der Waals surface area contributed by atoms with Gasteiger partial charge in [0, 0.05) is 45.6 Å². The van der Waals surface area contributed by atoms with Gasteiger partial charge in [-0.05, 0) is 41.5 Å². The molecule has 1 unspecified atom stereocenters. The summed E-state index contributed by atoms with van der Waals surface area (Å²) in [7, 11) is 3.49. The fourth-order valence-electron chi connectivity index (χ4n) is 3.96. The maximum absolute atomic E-state index is 5.56. The molecule has 3 aromatic rings. The molecular formula is C25H33IN6O2. The van der Waals surface area contributed by atoms with E-state index in [2.05, 4.69) is 62.0 Å². The minimum absolute atomic E-state index is 0. The Morgan fingerprint density at radius 1 is 1.09 bits per heavy atom. The summed E-state index contributed by atoms with van der Waals surface area (Å²) in [6.07, 6.45) is 3.72. The number of benzene rings is 2. The van der Waals surface area contributed by atoms with E-state index in [1.807, 2.05) is 29.1 Å². The molecule has 0 amide bonds. The predicted octanol–water partition coefficient (Wildman–Crippen LogP) is 3.24. The van der Waals surface area contributed by atoms with Crippen molar-refractivity contribution in [3.8, 4) is 11.4 Å². The van der Waals surface area contributed by atoms with Crippen LogP contribution in [0.2, 0.25) is 0 Å². The first-order valence-electron chi connectivity index (χ1n) is 11.3. The SMILES string of the molecule is CN=C(NCc1ccc(-n2cccn2)cc1)NCC(c1ccc(OC)cc1)N1CCOCC1.I. The van der Waals surface area contributed by atoms with E-state index in [4.69, 9.17) is 9.47 Å². The summed E-state index contributed by atoms with van der Waals surface area (Å²) in [5, 5.41) is 11.2. The molecule has 34 heavy (non-hydrogen) atoms. The highest BCUT2D eigenvalue weighted by molar-refractivity contribution is 14.0. The lowest BCUT2D eigenvalue weighted by atomic mass is 10.0. The maximum atomic E-state index is 5.56. The maximum Gasteiger partial charge on any atom is 0.191 e. The van der Waals surface area contributed by atoms with Gasteiger partial charge in [-0.25, -0.2) is 4.68 Å². The summed E-state index contributed by atoms with van der Waals surface area (Å²) < 4.78 is 12.7. The lowest BCUT2D eigenvalue weighted by molar-refractivity contribution is 0.0170. The van der Waals surface area contributed by atoms with Gasteiger partial charge in [0.05, 0.1) is 32.1 Å². The van der Waals surface area contributed by atoms with Crippen LogP contribution in [0.1, 0.15) is 17.2 Å². The van der Waals surface area contributed by atoms with Crippen LogP contribution in [0.25, 0.3) is 5.69 Å². The summed E-state index contributed by atoms with van der Waals surface area (Å²) >= 11 is 0. The Kier molecular flexibility index (Phi) is 10.2. The van der Waals surface area contributed by atoms with E-state index in [1.54, 1.807) is 20.4 Å². The first-order chi connectivity index (χ1) is 16.3. The topological polar surface area (TPSA) is 75.9 Å². The van der Waals surface area contributed by atoms with Crippen molar-refractivity contribution in [3.05, 3.63) is 78.1 Å². The fraction of sp³-hybridized carbons (Fsp3) is 0.360. The van der Waals surface area contributed by atoms with Gasteiger partial charge in [-0.2, -0.15) is 5.10 Å². The Balaban J connectivity index is 0.00000324. The molecule has 1 saturated heterocycles. The number of ether oxygens (including phenoxy) is 2. The number of rotatable bonds is 8. The molecule has 9 heteroatoms. The minimum Gasteiger partial charge on any atom is -0.497 e. The molecule has 1 aliphatic heterocycles. The third-order valence-electron chi connectivity index (χ3n) is 5.84. The van der Waals surface area contributed by atoms with Crippen LogP contribution in [0.5, 0.6) is 5.75 Å². The largest absolute Gasteiger partial charge is 0.497 e. The van der Waals surface area contributed by atoms with Gasteiger partial charge in [0.15, 0.2) is 5.96 Å². The molecule has 1 fully saturated rings. The third-order valence-corrected chi connectivity index (χ3v) is 5.84. The van der Waals surface area contributed by atoms with E-state index < -0.39 is 0 Å². The Morgan fingerprint density at radius 2 is 1.82 bits per heavy atom. The van der Waals surface area contributed by atoms with Gasteiger partial charge in [-0.3, -0.25) is 9.89 Å². The Labute approximate surface area is 218 Å². The molecular weight excluding hydrogens is 543 g/mol. The molecule has 2 aromatic carbocycles. The van der Waals surface area contributed by atoms with Gasteiger partial charge >= 0.3 is 0 Å². The second kappa shape index (κ2) is 13.3. The summed E-state index contributed by atoms with van der Waals surface area (Å²) in [5.74, 6) is 1.64. The zero-order chi connectivity index (χ0) is 22.9. The normalized spacial score (nSPS) is 15.3. The molecule has 4 rings (SSSR count). The zero-order valence-electron chi connectivity index (χ0n) is 19.7. The average molecular weight is 576 g/mol. The number of methoxy groups -OCH3 is 1. The lowest BCUT2D eigenvalue weighted by Gasteiger charge is -2.35. The van der Waals surface area contributed by atoms with Crippen molar-refractivity contribution < 1.29 is 9.47 Å². The van der Waals surface area contributed by atoms with E-state index in [0.29, 0.717) is 6.54 Å². The fourth-order valence-corrected chi connectivity index (χ4v) is 3.96. The zero-order valence-corrected chi connectivity index (χ0v) is 22.0. The van der Waals surface area contributed by atoms with E-state index in [0.717, 1.165) is 50.2 Å². The summed E-state index contributed by atoms with van der Waals surface area (Å²) in [5.41, 5.74) is 3.46. The van der Waals surface area contributed by atoms with Crippen LogP contribution in [0, 0.1) is 0 Å². The second-order valence-electron chi connectivity index (χ2n) is 7.86. The van der Waals surface area contributed by atoms with Crippen molar-refractivity contribution in [2.24, 2.45) is 4.99 Å². The quantitative estimate of drug-likeness (QED) is 0.244. The van der Waals surface area contributed by atoms with Gasteiger partial charge in [0.1, 0.15) is 5.75 Å². The van der Waals surface area contributed by atoms with E-state index in [9.17, 15) is 0 Å². The van der Waals surface area contributed by atoms with Gasteiger partial charge in [-0.1, -0.05) is 24.3 Å². The van der Waals surface area contributed by atoms with E-state index in [-0.39, 0.29) is 30.0 Å². The van der Waals surface area contributed by atoms with Crippen molar-refractivity contribution in [2.75, 3.05) is 47.0 Å². The second-order valence-corrected chi connectivity index (χ2v) is 7.86. The number of halogens is 1. The summed E-state index contributed by atoms with van der Waals surface area (Å²) in [6, 6.07) is 18.8. The van der Waals surface area contributed by atoms with Crippen LogP contribution >= 0.6 is 24.0 Å². The number of guanidine groups is 1. The monoisotopic (exact) mass is 576 g/mol. The van der Waals surface area contributed by atoms with Gasteiger partial charge < -0.3 is 20.1 Å². The summed E-state index contributed by atoms with van der Waals surface area (Å²) in [4.78, 5) is 6.87.